The number of hydrogen-bond acceptors (Lipinski definition) is 2. The van der Waals surface area contributed by atoms with Crippen LogP contribution in [0, 0.1) is 19.3 Å². The number of aliphatic hydroxyl groups excluding tert-OH is 1. The first-order chi connectivity index (χ1) is 8.98. The topological polar surface area (TPSA) is 46.2 Å². The van der Waals surface area contributed by atoms with Crippen LogP contribution in [-0.4, -0.2) is 17.8 Å². The lowest BCUT2D eigenvalue weighted by atomic mass is 9.74. The van der Waals surface area contributed by atoms with Gasteiger partial charge >= 0.3 is 0 Å². The lowest BCUT2D eigenvalue weighted by Gasteiger charge is -2.35. The van der Waals surface area contributed by atoms with Crippen LogP contribution in [-0.2, 0) is 0 Å². The van der Waals surface area contributed by atoms with Gasteiger partial charge in [-0.15, -0.1) is 0 Å². The van der Waals surface area contributed by atoms with Crippen molar-refractivity contribution in [1.82, 2.24) is 0 Å². The number of hydrogen-bond donors (Lipinski definition) is 2. The Labute approximate surface area is 117 Å². The van der Waals surface area contributed by atoms with Crippen molar-refractivity contribution in [3.05, 3.63) is 34.9 Å². The summed E-state index contributed by atoms with van der Waals surface area (Å²) in [7, 11) is 0. The van der Waals surface area contributed by atoms with Crippen LogP contribution in [0.4, 0.5) is 0 Å². The summed E-state index contributed by atoms with van der Waals surface area (Å²) in [5, 5.41) is 10.8. The van der Waals surface area contributed by atoms with Gasteiger partial charge in [-0.3, -0.25) is 0 Å². The standard InChI is InChI=1S/C17H27NO/c1-12-6-7-14(10-13(12)2)15(11-18)16(19)17(3)8-4-5-9-17/h6-7,10,15-16,19H,4-5,8-9,11,18H2,1-3H3. The summed E-state index contributed by atoms with van der Waals surface area (Å²) in [5.41, 5.74) is 9.76. The second-order valence-corrected chi connectivity index (χ2v) is 6.49. The normalized spacial score (nSPS) is 21.3. The molecule has 1 aliphatic rings. The van der Waals surface area contributed by atoms with Crippen LogP contribution in [0.25, 0.3) is 0 Å². The highest BCUT2D eigenvalue weighted by Gasteiger charge is 2.40. The molecule has 0 heterocycles. The second kappa shape index (κ2) is 5.64. The van der Waals surface area contributed by atoms with E-state index in [1.807, 2.05) is 0 Å². The molecule has 1 fully saturated rings. The minimum atomic E-state index is -0.331. The molecule has 1 aliphatic carbocycles. The Bertz CT molecular complexity index is 435. The largest absolute Gasteiger partial charge is 0.392 e. The predicted molar refractivity (Wildman–Crippen MR) is 80.3 cm³/mol. The number of aliphatic hydroxyl groups is 1. The van der Waals surface area contributed by atoms with Crippen LogP contribution < -0.4 is 5.73 Å². The SMILES string of the molecule is Cc1ccc(C(CN)C(O)C2(C)CCCC2)cc1C. The molecule has 1 aromatic carbocycles. The molecule has 0 amide bonds. The van der Waals surface area contributed by atoms with Gasteiger partial charge in [0.25, 0.3) is 0 Å². The van der Waals surface area contributed by atoms with Gasteiger partial charge in [-0.2, -0.15) is 0 Å². The second-order valence-electron chi connectivity index (χ2n) is 6.49. The molecule has 1 saturated carbocycles. The Morgan fingerprint density at radius 2 is 1.84 bits per heavy atom. The number of rotatable bonds is 4. The fourth-order valence-electron chi connectivity index (χ4n) is 3.41. The first-order valence-corrected chi connectivity index (χ1v) is 7.43. The molecule has 2 atom stereocenters. The van der Waals surface area contributed by atoms with Crippen molar-refractivity contribution in [2.24, 2.45) is 11.1 Å². The maximum atomic E-state index is 10.8. The molecule has 0 aromatic heterocycles. The molecule has 0 radical (unpaired) electrons. The molecule has 2 heteroatoms. The Balaban J connectivity index is 2.25. The van der Waals surface area contributed by atoms with Crippen molar-refractivity contribution < 1.29 is 5.11 Å². The molecule has 2 unspecified atom stereocenters. The average molecular weight is 261 g/mol. The highest BCUT2D eigenvalue weighted by Crippen LogP contribution is 2.44. The highest BCUT2D eigenvalue weighted by molar-refractivity contribution is 5.33. The number of nitrogens with two attached hydrogens (primary N) is 1. The van der Waals surface area contributed by atoms with E-state index in [1.165, 1.54) is 29.5 Å². The summed E-state index contributed by atoms with van der Waals surface area (Å²) in [4.78, 5) is 0. The van der Waals surface area contributed by atoms with Gasteiger partial charge in [-0.25, -0.2) is 0 Å². The summed E-state index contributed by atoms with van der Waals surface area (Å²) in [6.07, 6.45) is 4.38. The molecule has 0 aliphatic heterocycles. The van der Waals surface area contributed by atoms with Gasteiger partial charge < -0.3 is 10.8 Å². The lowest BCUT2D eigenvalue weighted by Crippen LogP contribution is -2.38. The van der Waals surface area contributed by atoms with Crippen LogP contribution in [0.1, 0.15) is 55.2 Å². The molecule has 0 saturated heterocycles. The van der Waals surface area contributed by atoms with Crippen molar-refractivity contribution in [2.45, 2.75) is 58.5 Å². The molecule has 19 heavy (non-hydrogen) atoms. The first-order valence-electron chi connectivity index (χ1n) is 7.43. The van der Waals surface area contributed by atoms with Gasteiger partial charge in [0, 0.05) is 12.5 Å². The van der Waals surface area contributed by atoms with Crippen LogP contribution in [0.5, 0.6) is 0 Å². The van der Waals surface area contributed by atoms with E-state index in [-0.39, 0.29) is 17.4 Å². The van der Waals surface area contributed by atoms with E-state index in [1.54, 1.807) is 0 Å². The monoisotopic (exact) mass is 261 g/mol. The molecule has 0 bridgehead atoms. The maximum absolute atomic E-state index is 10.8. The Morgan fingerprint density at radius 1 is 1.21 bits per heavy atom. The maximum Gasteiger partial charge on any atom is 0.0674 e. The molecule has 1 aromatic rings. The predicted octanol–water partition coefficient (Wildman–Crippen LogP) is 3.29. The third kappa shape index (κ3) is 2.85. The summed E-state index contributed by atoms with van der Waals surface area (Å²) in [5.74, 6) is 0.0578. The van der Waals surface area contributed by atoms with E-state index >= 15 is 0 Å². The zero-order chi connectivity index (χ0) is 14.0. The molecule has 3 N–H and O–H groups in total. The fourth-order valence-corrected chi connectivity index (χ4v) is 3.41. The Hall–Kier alpha value is -0.860. The summed E-state index contributed by atoms with van der Waals surface area (Å²) < 4.78 is 0. The van der Waals surface area contributed by atoms with Crippen LogP contribution in [0.3, 0.4) is 0 Å². The number of aryl methyl sites for hydroxylation is 2. The molecular weight excluding hydrogens is 234 g/mol. The Kier molecular flexibility index (Phi) is 4.32. The molecule has 106 valence electrons. The van der Waals surface area contributed by atoms with Gasteiger partial charge in [0.05, 0.1) is 6.10 Å². The lowest BCUT2D eigenvalue weighted by molar-refractivity contribution is 0.0213. The molecule has 2 rings (SSSR count). The minimum absolute atomic E-state index is 0.0445. The Morgan fingerprint density at radius 3 is 2.37 bits per heavy atom. The average Bonchev–Trinajstić information content (AvgIpc) is 2.83. The van der Waals surface area contributed by atoms with E-state index in [9.17, 15) is 5.11 Å². The van der Waals surface area contributed by atoms with Crippen LogP contribution in [0.15, 0.2) is 18.2 Å². The smallest absolute Gasteiger partial charge is 0.0674 e. The molecular formula is C17H27NO. The molecule has 0 spiro atoms. The third-order valence-electron chi connectivity index (χ3n) is 5.05. The van der Waals surface area contributed by atoms with Gasteiger partial charge in [0.1, 0.15) is 0 Å². The zero-order valence-electron chi connectivity index (χ0n) is 12.4. The summed E-state index contributed by atoms with van der Waals surface area (Å²) in [6, 6.07) is 6.45. The molecule has 2 nitrogen and oxygen atoms in total. The summed E-state index contributed by atoms with van der Waals surface area (Å²) in [6.45, 7) is 6.97. The van der Waals surface area contributed by atoms with Gasteiger partial charge in [0.2, 0.25) is 0 Å². The van der Waals surface area contributed by atoms with E-state index in [4.69, 9.17) is 5.73 Å². The van der Waals surface area contributed by atoms with Crippen molar-refractivity contribution in [3.63, 3.8) is 0 Å². The quantitative estimate of drug-likeness (QED) is 0.873. The summed E-state index contributed by atoms with van der Waals surface area (Å²) >= 11 is 0. The number of benzene rings is 1. The van der Waals surface area contributed by atoms with Crippen molar-refractivity contribution in [2.75, 3.05) is 6.54 Å². The van der Waals surface area contributed by atoms with Gasteiger partial charge in [0.15, 0.2) is 0 Å². The van der Waals surface area contributed by atoms with E-state index in [0.717, 1.165) is 12.8 Å². The van der Waals surface area contributed by atoms with Crippen LogP contribution >= 0.6 is 0 Å². The van der Waals surface area contributed by atoms with E-state index in [0.29, 0.717) is 6.54 Å². The van der Waals surface area contributed by atoms with Gasteiger partial charge in [-0.1, -0.05) is 38.0 Å². The highest BCUT2D eigenvalue weighted by atomic mass is 16.3. The van der Waals surface area contributed by atoms with Crippen LogP contribution in [0.2, 0.25) is 0 Å². The van der Waals surface area contributed by atoms with Crippen molar-refractivity contribution in [3.8, 4) is 0 Å². The fraction of sp³-hybridized carbons (Fsp3) is 0.647. The van der Waals surface area contributed by atoms with Crippen molar-refractivity contribution in [1.29, 1.82) is 0 Å². The third-order valence-corrected chi connectivity index (χ3v) is 5.05. The van der Waals surface area contributed by atoms with E-state index in [2.05, 4.69) is 39.0 Å². The van der Waals surface area contributed by atoms with Crippen molar-refractivity contribution >= 4 is 0 Å². The van der Waals surface area contributed by atoms with E-state index < -0.39 is 0 Å². The zero-order valence-corrected chi connectivity index (χ0v) is 12.4. The first kappa shape index (κ1) is 14.5. The van der Waals surface area contributed by atoms with Gasteiger partial charge in [-0.05, 0) is 48.8 Å². The minimum Gasteiger partial charge on any atom is -0.392 e.